The van der Waals surface area contributed by atoms with E-state index < -0.39 is 0 Å². The van der Waals surface area contributed by atoms with E-state index in [1.54, 1.807) is 11.2 Å². The number of carbonyl (C=O) groups is 1. The lowest BCUT2D eigenvalue weighted by atomic mass is 10.0. The highest BCUT2D eigenvalue weighted by Gasteiger charge is 2.23. The minimum Gasteiger partial charge on any atom is -0.366 e. The maximum atomic E-state index is 11.8. The van der Waals surface area contributed by atoms with E-state index in [1.807, 2.05) is 32.2 Å². The molecule has 2 heterocycles. The summed E-state index contributed by atoms with van der Waals surface area (Å²) < 4.78 is 0. The van der Waals surface area contributed by atoms with Crippen LogP contribution in [0.1, 0.15) is 18.4 Å². The van der Waals surface area contributed by atoms with E-state index in [4.69, 9.17) is 0 Å². The van der Waals surface area contributed by atoms with Crippen LogP contribution in [0.25, 0.3) is 10.9 Å². The summed E-state index contributed by atoms with van der Waals surface area (Å²) in [4.78, 5) is 22.2. The zero-order valence-corrected chi connectivity index (χ0v) is 11.8. The molecule has 1 amide bonds. The molecule has 1 aliphatic rings. The number of fused-ring (bicyclic) bond motifs is 1. The number of carbonyl (C=O) groups excluding carboxylic acids is 1. The fourth-order valence-electron chi connectivity index (χ4n) is 2.61. The Morgan fingerprint density at radius 2 is 2.20 bits per heavy atom. The van der Waals surface area contributed by atoms with Crippen LogP contribution in [0.4, 0.5) is 5.82 Å². The number of nitrogens with one attached hydrogen (secondary N) is 1. The van der Waals surface area contributed by atoms with Gasteiger partial charge in [-0.1, -0.05) is 12.1 Å². The number of aromatic nitrogens is 2. The lowest BCUT2D eigenvalue weighted by Crippen LogP contribution is -2.41. The predicted octanol–water partition coefficient (Wildman–Crippen LogP) is 1.97. The first-order valence-corrected chi connectivity index (χ1v) is 6.86. The lowest BCUT2D eigenvalue weighted by molar-refractivity contribution is -0.132. The van der Waals surface area contributed by atoms with Gasteiger partial charge in [0.05, 0.1) is 5.52 Å². The first-order valence-electron chi connectivity index (χ1n) is 6.86. The normalized spacial score (nSPS) is 19.4. The smallest absolute Gasteiger partial charge is 0.224 e. The zero-order valence-electron chi connectivity index (χ0n) is 11.8. The van der Waals surface area contributed by atoms with Gasteiger partial charge in [0.2, 0.25) is 5.91 Å². The van der Waals surface area contributed by atoms with Crippen molar-refractivity contribution in [3.05, 3.63) is 30.1 Å². The van der Waals surface area contributed by atoms with Gasteiger partial charge in [0, 0.05) is 31.4 Å². The summed E-state index contributed by atoms with van der Waals surface area (Å²) in [5.41, 5.74) is 2.09. The Kier molecular flexibility index (Phi) is 3.26. The summed E-state index contributed by atoms with van der Waals surface area (Å²) in [6.45, 7) is 2.83. The first-order chi connectivity index (χ1) is 9.65. The molecule has 1 fully saturated rings. The van der Waals surface area contributed by atoms with Gasteiger partial charge in [-0.25, -0.2) is 9.97 Å². The van der Waals surface area contributed by atoms with Crippen LogP contribution in [0.5, 0.6) is 0 Å². The Balaban J connectivity index is 1.88. The molecule has 0 aliphatic carbocycles. The lowest BCUT2D eigenvalue weighted by Gasteiger charge is -2.29. The van der Waals surface area contributed by atoms with Gasteiger partial charge in [0.1, 0.15) is 12.1 Å². The summed E-state index contributed by atoms with van der Waals surface area (Å²) >= 11 is 0. The minimum atomic E-state index is 0.150. The highest BCUT2D eigenvalue weighted by molar-refractivity contribution is 5.91. The number of aryl methyl sites for hydroxylation is 1. The van der Waals surface area contributed by atoms with Crippen LogP contribution in [0.15, 0.2) is 24.5 Å². The molecule has 2 aromatic rings. The molecule has 1 aromatic carbocycles. The maximum absolute atomic E-state index is 11.8. The quantitative estimate of drug-likeness (QED) is 0.906. The molecule has 5 nitrogen and oxygen atoms in total. The molecule has 20 heavy (non-hydrogen) atoms. The van der Waals surface area contributed by atoms with Gasteiger partial charge in [-0.15, -0.1) is 0 Å². The van der Waals surface area contributed by atoms with Crippen molar-refractivity contribution in [1.29, 1.82) is 0 Å². The van der Waals surface area contributed by atoms with Crippen molar-refractivity contribution in [3.8, 4) is 0 Å². The first kappa shape index (κ1) is 12.8. The van der Waals surface area contributed by atoms with Crippen LogP contribution in [-0.2, 0) is 4.79 Å². The van der Waals surface area contributed by atoms with E-state index in [0.29, 0.717) is 6.42 Å². The summed E-state index contributed by atoms with van der Waals surface area (Å²) in [7, 11) is 1.85. The molecule has 5 heteroatoms. The number of amides is 1. The van der Waals surface area contributed by atoms with Gasteiger partial charge < -0.3 is 10.2 Å². The third-order valence-corrected chi connectivity index (χ3v) is 3.87. The largest absolute Gasteiger partial charge is 0.366 e. The molecular weight excluding hydrogens is 252 g/mol. The molecule has 1 saturated heterocycles. The Morgan fingerprint density at radius 1 is 1.35 bits per heavy atom. The number of likely N-dealkylation sites (tertiary alicyclic amines) is 1. The Morgan fingerprint density at radius 3 is 3.00 bits per heavy atom. The van der Waals surface area contributed by atoms with Crippen LogP contribution in [0.2, 0.25) is 0 Å². The molecule has 1 atom stereocenters. The van der Waals surface area contributed by atoms with Crippen molar-refractivity contribution < 1.29 is 4.79 Å². The van der Waals surface area contributed by atoms with Crippen molar-refractivity contribution >= 4 is 22.6 Å². The van der Waals surface area contributed by atoms with E-state index >= 15 is 0 Å². The van der Waals surface area contributed by atoms with E-state index in [-0.39, 0.29) is 11.9 Å². The second kappa shape index (κ2) is 5.07. The van der Waals surface area contributed by atoms with Crippen molar-refractivity contribution in [2.45, 2.75) is 25.8 Å². The topological polar surface area (TPSA) is 58.1 Å². The van der Waals surface area contributed by atoms with Gasteiger partial charge >= 0.3 is 0 Å². The van der Waals surface area contributed by atoms with Crippen LogP contribution >= 0.6 is 0 Å². The summed E-state index contributed by atoms with van der Waals surface area (Å²) in [5.74, 6) is 1.00. The van der Waals surface area contributed by atoms with Gasteiger partial charge in [-0.2, -0.15) is 0 Å². The van der Waals surface area contributed by atoms with Crippen molar-refractivity contribution in [1.82, 2.24) is 14.9 Å². The monoisotopic (exact) mass is 270 g/mol. The van der Waals surface area contributed by atoms with Crippen LogP contribution in [-0.4, -0.2) is 40.4 Å². The molecule has 1 aliphatic heterocycles. The Bertz CT molecular complexity index is 655. The molecule has 3 rings (SSSR count). The molecule has 1 N–H and O–H groups in total. The summed E-state index contributed by atoms with van der Waals surface area (Å²) in [5, 5.41) is 4.42. The highest BCUT2D eigenvalue weighted by Crippen LogP contribution is 2.24. The van der Waals surface area contributed by atoms with E-state index in [9.17, 15) is 4.79 Å². The third kappa shape index (κ3) is 2.31. The fraction of sp³-hybridized carbons (Fsp3) is 0.400. The van der Waals surface area contributed by atoms with Crippen LogP contribution in [0.3, 0.4) is 0 Å². The molecule has 1 aromatic heterocycles. The second-order valence-electron chi connectivity index (χ2n) is 5.34. The number of anilines is 1. The van der Waals surface area contributed by atoms with E-state index in [2.05, 4.69) is 15.3 Å². The molecule has 0 saturated carbocycles. The molecule has 0 radical (unpaired) electrons. The molecule has 0 bridgehead atoms. The van der Waals surface area contributed by atoms with Crippen LogP contribution in [0, 0.1) is 6.92 Å². The van der Waals surface area contributed by atoms with Gasteiger partial charge in [0.15, 0.2) is 0 Å². The third-order valence-electron chi connectivity index (χ3n) is 3.87. The number of rotatable bonds is 2. The van der Waals surface area contributed by atoms with Gasteiger partial charge in [0.25, 0.3) is 0 Å². The number of para-hydroxylation sites is 1. The Labute approximate surface area is 118 Å². The molecular formula is C15H18N4O. The van der Waals surface area contributed by atoms with Crippen LogP contribution < -0.4 is 5.32 Å². The second-order valence-corrected chi connectivity index (χ2v) is 5.34. The Hall–Kier alpha value is -2.17. The number of piperidine rings is 1. The molecule has 1 unspecified atom stereocenters. The summed E-state index contributed by atoms with van der Waals surface area (Å²) in [6, 6.07) is 6.21. The highest BCUT2D eigenvalue weighted by atomic mass is 16.2. The van der Waals surface area contributed by atoms with E-state index in [0.717, 1.165) is 35.2 Å². The molecule has 104 valence electrons. The maximum Gasteiger partial charge on any atom is 0.224 e. The van der Waals surface area contributed by atoms with Gasteiger partial charge in [-0.05, 0) is 25.0 Å². The SMILES string of the molecule is Cc1cccc2c(NC3CCN(C)C(=O)C3)ncnc12. The zero-order chi connectivity index (χ0) is 14.1. The van der Waals surface area contributed by atoms with Crippen molar-refractivity contribution in [2.75, 3.05) is 18.9 Å². The minimum absolute atomic E-state index is 0.150. The number of hydrogen-bond acceptors (Lipinski definition) is 4. The fourth-order valence-corrected chi connectivity index (χ4v) is 2.61. The van der Waals surface area contributed by atoms with Crippen molar-refractivity contribution in [3.63, 3.8) is 0 Å². The predicted molar refractivity (Wildman–Crippen MR) is 78.6 cm³/mol. The standard InChI is InChI=1S/C15H18N4O/c1-10-4-3-5-12-14(10)16-9-17-15(12)18-11-6-7-19(2)13(20)8-11/h3-5,9,11H,6-8H2,1-2H3,(H,16,17,18). The average molecular weight is 270 g/mol. The summed E-state index contributed by atoms with van der Waals surface area (Å²) in [6.07, 6.45) is 3.04. The number of benzene rings is 1. The number of hydrogen-bond donors (Lipinski definition) is 1. The number of nitrogens with zero attached hydrogens (tertiary/aromatic N) is 3. The van der Waals surface area contributed by atoms with Gasteiger partial charge in [-0.3, -0.25) is 4.79 Å². The van der Waals surface area contributed by atoms with E-state index in [1.165, 1.54) is 0 Å². The average Bonchev–Trinajstić information content (AvgIpc) is 2.44. The molecule has 0 spiro atoms. The van der Waals surface area contributed by atoms with Crippen molar-refractivity contribution in [2.24, 2.45) is 0 Å².